The van der Waals surface area contributed by atoms with E-state index in [1.807, 2.05) is 0 Å². The molecule has 2 atom stereocenters. The predicted molar refractivity (Wildman–Crippen MR) is 219 cm³/mol. The van der Waals surface area contributed by atoms with Gasteiger partial charge in [0.1, 0.15) is 23.5 Å². The molecule has 0 unspecified atom stereocenters. The average Bonchev–Trinajstić information content (AvgIpc) is 3.71. The molecule has 0 aliphatic heterocycles. The molecule has 6 N–H and O–H groups in total. The van der Waals surface area contributed by atoms with Gasteiger partial charge in [-0.2, -0.15) is 0 Å². The van der Waals surface area contributed by atoms with Crippen LogP contribution in [0.25, 0.3) is 0 Å². The highest BCUT2D eigenvalue weighted by Gasteiger charge is 2.25. The topological polar surface area (TPSA) is 356 Å². The second-order valence-corrected chi connectivity index (χ2v) is 13.3. The highest BCUT2D eigenvalue weighted by Crippen LogP contribution is 2.28. The molecule has 27 nitrogen and oxygen atoms in total. The van der Waals surface area contributed by atoms with Gasteiger partial charge in [0.15, 0.2) is 0 Å². The lowest BCUT2D eigenvalue weighted by Gasteiger charge is -2.18. The first-order chi connectivity index (χ1) is 30.9. The molecule has 1 aromatic carbocycles. The Morgan fingerprint density at radius 2 is 1.14 bits per heavy atom. The van der Waals surface area contributed by atoms with E-state index in [4.69, 9.17) is 48.1 Å². The number of carboxylic acid groups (broad SMARTS) is 3. The number of hydrogen-bond donors (Lipinski definition) is 6. The normalized spacial score (nSPS) is 12.1. The fourth-order valence-electron chi connectivity index (χ4n) is 5.19. The number of nitro benzene ring substituents is 2. The number of carbonyl (C=O) groups is 4. The van der Waals surface area contributed by atoms with Crippen molar-refractivity contribution in [3.63, 3.8) is 0 Å². The van der Waals surface area contributed by atoms with Crippen LogP contribution in [-0.2, 0) is 65.4 Å². The van der Waals surface area contributed by atoms with Crippen LogP contribution in [0.5, 0.6) is 0 Å². The maximum absolute atomic E-state index is 12.1. The quantitative estimate of drug-likeness (QED) is 0.0309. The molecule has 360 valence electrons. The van der Waals surface area contributed by atoms with Crippen LogP contribution < -0.4 is 16.0 Å². The molecule has 2 amide bonds. The summed E-state index contributed by atoms with van der Waals surface area (Å²) in [5.74, 6) is -3.96. The number of aryl methyl sites for hydroxylation is 1. The summed E-state index contributed by atoms with van der Waals surface area (Å²) >= 11 is 0. The summed E-state index contributed by atoms with van der Waals surface area (Å²) in [6, 6.07) is -0.404. The third-order valence-corrected chi connectivity index (χ3v) is 8.37. The number of nitrogens with zero attached hydrogens (tertiary/aromatic N) is 5. The van der Waals surface area contributed by atoms with E-state index in [2.05, 4.69) is 26.3 Å². The number of benzene rings is 1. The second kappa shape index (κ2) is 33.8. The maximum Gasteiger partial charge on any atom is 0.326 e. The van der Waals surface area contributed by atoms with Gasteiger partial charge in [0.05, 0.1) is 128 Å². The minimum atomic E-state index is -1.48. The first-order valence-corrected chi connectivity index (χ1v) is 20.3. The Morgan fingerprint density at radius 1 is 0.656 bits per heavy atom. The third-order valence-electron chi connectivity index (χ3n) is 8.37. The van der Waals surface area contributed by atoms with Crippen LogP contribution in [-0.4, -0.2) is 182 Å². The van der Waals surface area contributed by atoms with E-state index in [-0.39, 0.29) is 49.7 Å². The Labute approximate surface area is 367 Å². The second-order valence-electron chi connectivity index (χ2n) is 13.3. The van der Waals surface area contributed by atoms with Crippen molar-refractivity contribution in [1.29, 1.82) is 0 Å². The number of amides is 2. The van der Waals surface area contributed by atoms with Gasteiger partial charge in [0, 0.05) is 25.6 Å². The van der Waals surface area contributed by atoms with Crippen LogP contribution in [0.2, 0.25) is 0 Å². The van der Waals surface area contributed by atoms with Crippen molar-refractivity contribution in [2.24, 2.45) is 0 Å². The predicted octanol–water partition coefficient (Wildman–Crippen LogP) is 1.08. The van der Waals surface area contributed by atoms with Crippen molar-refractivity contribution in [3.8, 4) is 0 Å². The highest BCUT2D eigenvalue weighted by atomic mass is 16.6. The molecule has 2 aromatic rings. The van der Waals surface area contributed by atoms with Gasteiger partial charge in [-0.25, -0.2) is 14.4 Å². The monoisotopic (exact) mass is 918 g/mol. The molecule has 0 saturated heterocycles. The van der Waals surface area contributed by atoms with E-state index in [0.29, 0.717) is 118 Å². The molecular formula is C37H58N8O19. The van der Waals surface area contributed by atoms with E-state index in [1.165, 1.54) is 12.1 Å². The minimum absolute atomic E-state index is 0.0649. The molecule has 27 heteroatoms. The van der Waals surface area contributed by atoms with Crippen molar-refractivity contribution in [3.05, 3.63) is 50.3 Å². The number of nitrogens with one attached hydrogen (secondary N) is 3. The summed E-state index contributed by atoms with van der Waals surface area (Å²) < 4.78 is 45.3. The fourth-order valence-corrected chi connectivity index (χ4v) is 5.19. The first-order valence-electron chi connectivity index (χ1n) is 20.3. The molecule has 64 heavy (non-hydrogen) atoms. The molecule has 0 aliphatic rings. The van der Waals surface area contributed by atoms with Gasteiger partial charge in [-0.3, -0.25) is 29.7 Å². The fraction of sp³-hybridized carbons (Fsp3) is 0.676. The molecule has 0 fully saturated rings. The van der Waals surface area contributed by atoms with Gasteiger partial charge in [-0.1, -0.05) is 5.21 Å². The zero-order chi connectivity index (χ0) is 46.8. The number of anilines is 1. The van der Waals surface area contributed by atoms with E-state index in [0.717, 1.165) is 6.07 Å². The summed E-state index contributed by atoms with van der Waals surface area (Å²) in [7, 11) is 0. The molecule has 0 aliphatic carbocycles. The van der Waals surface area contributed by atoms with Crippen LogP contribution in [0, 0.1) is 20.2 Å². The van der Waals surface area contributed by atoms with E-state index >= 15 is 0 Å². The zero-order valence-corrected chi connectivity index (χ0v) is 35.3. The average molecular weight is 919 g/mol. The van der Waals surface area contributed by atoms with Gasteiger partial charge in [-0.15, -0.1) is 5.10 Å². The van der Waals surface area contributed by atoms with Gasteiger partial charge in [-0.05, 0) is 31.7 Å². The highest BCUT2D eigenvalue weighted by molar-refractivity contribution is 5.86. The van der Waals surface area contributed by atoms with Gasteiger partial charge in [0.2, 0.25) is 0 Å². The van der Waals surface area contributed by atoms with Crippen molar-refractivity contribution in [2.75, 3.05) is 111 Å². The Balaban J connectivity index is 1.33. The number of hydrogen-bond acceptors (Lipinski definition) is 19. The number of aliphatic carboxylic acids is 3. The number of carbonyl (C=O) groups excluding carboxylic acids is 1. The smallest absolute Gasteiger partial charge is 0.326 e. The lowest BCUT2D eigenvalue weighted by atomic mass is 10.1. The Morgan fingerprint density at radius 3 is 1.61 bits per heavy atom. The summed E-state index contributed by atoms with van der Waals surface area (Å²) in [6.07, 6.45) is 1.83. The van der Waals surface area contributed by atoms with E-state index in [9.17, 15) is 44.5 Å². The van der Waals surface area contributed by atoms with E-state index < -0.39 is 52.3 Å². The van der Waals surface area contributed by atoms with Gasteiger partial charge < -0.3 is 69.2 Å². The maximum atomic E-state index is 12.1. The number of rotatable bonds is 41. The summed E-state index contributed by atoms with van der Waals surface area (Å²) in [4.78, 5) is 66.3. The summed E-state index contributed by atoms with van der Waals surface area (Å²) in [5, 5.41) is 64.5. The molecule has 2 rings (SSSR count). The van der Waals surface area contributed by atoms with Crippen LogP contribution in [0.4, 0.5) is 21.9 Å². The molecule has 1 aromatic heterocycles. The standard InChI is InChI=1S/C37H58N8O19/c46-34(47)7-6-32(36(50)51)40-37(52)39-31(35(48)49)3-1-2-9-43-26-28(41-42-43)27-64-24-23-63-22-21-62-20-19-61-18-17-60-16-15-59-14-13-58-12-11-57-10-8-38-30-5-4-29(44(53)54)25-33(30)45(55)56/h4-5,25-26,31-32,38H,1-3,6-24,27H2,(H,46,47)(H,48,49)(H,50,51)(H2,39,40,52)/t31-,32-/m0/s1. The lowest BCUT2D eigenvalue weighted by Crippen LogP contribution is -2.51. The zero-order valence-electron chi connectivity index (χ0n) is 35.3. The molecule has 1 heterocycles. The number of urea groups is 1. The molecule has 0 saturated carbocycles. The van der Waals surface area contributed by atoms with Crippen LogP contribution in [0.1, 0.15) is 37.8 Å². The van der Waals surface area contributed by atoms with Gasteiger partial charge >= 0.3 is 23.9 Å². The molecule has 0 bridgehead atoms. The first kappa shape index (κ1) is 54.5. The summed E-state index contributed by atoms with van der Waals surface area (Å²) in [5.41, 5.74) is 0.00914. The van der Waals surface area contributed by atoms with Crippen molar-refractivity contribution >= 4 is 41.0 Å². The number of nitro groups is 2. The number of aromatic nitrogens is 3. The molecule has 0 radical (unpaired) electrons. The molecular weight excluding hydrogens is 860 g/mol. The SMILES string of the molecule is O=C(O)CC[C@H](NC(=O)N[C@@H](CCCCn1cc(COCCOCCOCCOCCOCCOCCOCCOCCNc2ccc([N+](=O)[O-])cc2[N+](=O)[O-])nn1)C(=O)O)C(=O)O. The third kappa shape index (κ3) is 26.1. The number of non-ortho nitro benzene ring substituents is 1. The van der Waals surface area contributed by atoms with E-state index in [1.54, 1.807) is 10.9 Å². The number of carboxylic acids is 3. The number of unbranched alkanes of at least 4 members (excludes halogenated alkanes) is 1. The Hall–Kier alpha value is -5.68. The van der Waals surface area contributed by atoms with Crippen molar-refractivity contribution in [2.45, 2.75) is 57.3 Å². The minimum Gasteiger partial charge on any atom is -0.481 e. The van der Waals surface area contributed by atoms with Crippen LogP contribution in [0.3, 0.4) is 0 Å². The van der Waals surface area contributed by atoms with Crippen molar-refractivity contribution < 1.29 is 82.2 Å². The lowest BCUT2D eigenvalue weighted by molar-refractivity contribution is -0.393. The number of ether oxygens (including phenoxy) is 8. The van der Waals surface area contributed by atoms with Crippen molar-refractivity contribution in [1.82, 2.24) is 25.6 Å². The molecule has 0 spiro atoms. The van der Waals surface area contributed by atoms with Gasteiger partial charge in [0.25, 0.3) is 11.4 Å². The Bertz CT molecular complexity index is 1690. The van der Waals surface area contributed by atoms with Crippen LogP contribution in [0.15, 0.2) is 24.4 Å². The largest absolute Gasteiger partial charge is 0.481 e. The summed E-state index contributed by atoms with van der Waals surface area (Å²) in [6.45, 7) is 6.38. The Kier molecular flexibility index (Phi) is 28.8. The van der Waals surface area contributed by atoms with Crippen LogP contribution >= 0.6 is 0 Å².